The highest BCUT2D eigenvalue weighted by Crippen LogP contribution is 2.28. The number of hydrogen-bond donors (Lipinski definition) is 1. The molecule has 1 fully saturated rings. The number of nitrogens with zero attached hydrogens (tertiary/aromatic N) is 2. The number of thiophene rings is 1. The Morgan fingerprint density at radius 3 is 2.73 bits per heavy atom. The van der Waals surface area contributed by atoms with E-state index in [9.17, 15) is 9.59 Å². The van der Waals surface area contributed by atoms with Crippen molar-refractivity contribution in [3.8, 4) is 9.88 Å². The van der Waals surface area contributed by atoms with Crippen molar-refractivity contribution >= 4 is 34.5 Å². The van der Waals surface area contributed by atoms with Crippen LogP contribution in [0.3, 0.4) is 0 Å². The molecule has 3 rings (SSSR count). The lowest BCUT2D eigenvalue weighted by Crippen LogP contribution is -2.42. The fourth-order valence-electron chi connectivity index (χ4n) is 2.58. The van der Waals surface area contributed by atoms with E-state index in [1.165, 1.54) is 0 Å². The van der Waals surface area contributed by atoms with Crippen molar-refractivity contribution in [2.45, 2.75) is 19.3 Å². The molecule has 2 aromatic rings. The summed E-state index contributed by atoms with van der Waals surface area (Å²) in [6, 6.07) is 4.03. The minimum Gasteiger partial charge on any atom is -0.369 e. The normalized spacial score (nSPS) is 15.9. The van der Waals surface area contributed by atoms with Crippen molar-refractivity contribution in [2.75, 3.05) is 13.1 Å². The van der Waals surface area contributed by atoms with E-state index in [0.717, 1.165) is 15.6 Å². The van der Waals surface area contributed by atoms with Gasteiger partial charge in [0.2, 0.25) is 11.8 Å². The molecule has 2 N–H and O–H groups in total. The first-order valence-electron chi connectivity index (χ1n) is 7.19. The molecule has 0 aliphatic carbocycles. The average molecular weight is 335 g/mol. The van der Waals surface area contributed by atoms with Gasteiger partial charge in [0, 0.05) is 24.4 Å². The van der Waals surface area contributed by atoms with Crippen LogP contribution in [0.1, 0.15) is 18.5 Å². The quantitative estimate of drug-likeness (QED) is 0.930. The third kappa shape index (κ3) is 3.36. The summed E-state index contributed by atoms with van der Waals surface area (Å²) >= 11 is 3.22. The second-order valence-electron chi connectivity index (χ2n) is 5.36. The third-order valence-corrected chi connectivity index (χ3v) is 5.80. The molecule has 116 valence electrons. The van der Waals surface area contributed by atoms with Gasteiger partial charge in [-0.25, -0.2) is 4.98 Å². The van der Waals surface area contributed by atoms with Crippen molar-refractivity contribution < 1.29 is 9.59 Å². The molecule has 2 amide bonds. The van der Waals surface area contributed by atoms with Gasteiger partial charge < -0.3 is 10.6 Å². The summed E-state index contributed by atoms with van der Waals surface area (Å²) in [5.41, 5.74) is 6.13. The minimum atomic E-state index is -0.257. The predicted molar refractivity (Wildman–Crippen MR) is 87.6 cm³/mol. The first kappa shape index (κ1) is 15.2. The number of carbonyl (C=O) groups excluding carboxylic acids is 2. The number of rotatable bonds is 4. The number of primary amides is 1. The SMILES string of the molecule is NC(=O)C1CCN(C(=O)Cc2csc(-c3cccs3)n2)CC1. The summed E-state index contributed by atoms with van der Waals surface area (Å²) in [5.74, 6) is -0.271. The van der Waals surface area contributed by atoms with Gasteiger partial charge >= 0.3 is 0 Å². The van der Waals surface area contributed by atoms with Crippen molar-refractivity contribution in [3.05, 3.63) is 28.6 Å². The van der Waals surface area contributed by atoms with Crippen LogP contribution in [0.2, 0.25) is 0 Å². The Balaban J connectivity index is 1.57. The maximum absolute atomic E-state index is 12.3. The molecule has 1 aliphatic heterocycles. The summed E-state index contributed by atoms with van der Waals surface area (Å²) in [5, 5.41) is 4.93. The van der Waals surface area contributed by atoms with Gasteiger partial charge in [-0.3, -0.25) is 9.59 Å². The van der Waals surface area contributed by atoms with Crippen LogP contribution in [0.15, 0.2) is 22.9 Å². The smallest absolute Gasteiger partial charge is 0.228 e. The summed E-state index contributed by atoms with van der Waals surface area (Å²) in [7, 11) is 0. The van der Waals surface area contributed by atoms with Gasteiger partial charge in [0.25, 0.3) is 0 Å². The summed E-state index contributed by atoms with van der Waals surface area (Å²) in [4.78, 5) is 30.9. The maximum Gasteiger partial charge on any atom is 0.228 e. The number of thiazole rings is 1. The number of hydrogen-bond acceptors (Lipinski definition) is 5. The Morgan fingerprint density at radius 1 is 1.32 bits per heavy atom. The molecule has 0 spiro atoms. The summed E-state index contributed by atoms with van der Waals surface area (Å²) < 4.78 is 0. The Bertz CT molecular complexity index is 658. The molecule has 22 heavy (non-hydrogen) atoms. The zero-order chi connectivity index (χ0) is 15.5. The van der Waals surface area contributed by atoms with E-state index in [1.54, 1.807) is 22.7 Å². The number of amides is 2. The van der Waals surface area contributed by atoms with Crippen LogP contribution in [0.4, 0.5) is 0 Å². The Hall–Kier alpha value is -1.73. The standard InChI is InChI=1S/C15H17N3O2S2/c16-14(20)10-3-5-18(6-4-10)13(19)8-11-9-22-15(17-11)12-2-1-7-21-12/h1-2,7,9-10H,3-6,8H2,(H2,16,20). The fraction of sp³-hybridized carbons (Fsp3) is 0.400. The molecule has 0 radical (unpaired) electrons. The van der Waals surface area contributed by atoms with Crippen LogP contribution < -0.4 is 5.73 Å². The summed E-state index contributed by atoms with van der Waals surface area (Å²) in [6.45, 7) is 1.21. The number of nitrogens with two attached hydrogens (primary N) is 1. The predicted octanol–water partition coefficient (Wildman–Crippen LogP) is 2.14. The number of aromatic nitrogens is 1. The molecule has 0 unspecified atom stereocenters. The van der Waals surface area contributed by atoms with Gasteiger partial charge in [-0.15, -0.1) is 22.7 Å². The van der Waals surface area contributed by atoms with Gasteiger partial charge in [0.05, 0.1) is 17.0 Å². The average Bonchev–Trinajstić information content (AvgIpc) is 3.18. The van der Waals surface area contributed by atoms with Gasteiger partial charge in [-0.1, -0.05) is 6.07 Å². The Morgan fingerprint density at radius 2 is 2.09 bits per heavy atom. The Kier molecular flexibility index (Phi) is 4.54. The zero-order valence-corrected chi connectivity index (χ0v) is 13.7. The number of piperidine rings is 1. The lowest BCUT2D eigenvalue weighted by Gasteiger charge is -2.30. The summed E-state index contributed by atoms with van der Waals surface area (Å²) in [6.07, 6.45) is 1.65. The van der Waals surface area contributed by atoms with E-state index >= 15 is 0 Å². The van der Waals surface area contributed by atoms with Crippen LogP contribution in [0.5, 0.6) is 0 Å². The highest BCUT2D eigenvalue weighted by molar-refractivity contribution is 7.20. The maximum atomic E-state index is 12.3. The highest BCUT2D eigenvalue weighted by atomic mass is 32.1. The molecule has 0 atom stereocenters. The molecule has 0 aromatic carbocycles. The lowest BCUT2D eigenvalue weighted by molar-refractivity contribution is -0.134. The van der Waals surface area contributed by atoms with Crippen LogP contribution in [-0.2, 0) is 16.0 Å². The van der Waals surface area contributed by atoms with Crippen molar-refractivity contribution in [1.29, 1.82) is 0 Å². The monoisotopic (exact) mass is 335 g/mol. The molecule has 3 heterocycles. The van der Waals surface area contributed by atoms with Crippen LogP contribution in [0.25, 0.3) is 9.88 Å². The third-order valence-electron chi connectivity index (χ3n) is 3.87. The molecule has 0 bridgehead atoms. The van der Waals surface area contributed by atoms with E-state index < -0.39 is 0 Å². The fourth-order valence-corrected chi connectivity index (χ4v) is 4.22. The zero-order valence-electron chi connectivity index (χ0n) is 12.0. The van der Waals surface area contributed by atoms with E-state index in [2.05, 4.69) is 4.98 Å². The highest BCUT2D eigenvalue weighted by Gasteiger charge is 2.26. The topological polar surface area (TPSA) is 76.3 Å². The van der Waals surface area contributed by atoms with Gasteiger partial charge in [0.1, 0.15) is 5.01 Å². The number of likely N-dealkylation sites (tertiary alicyclic amines) is 1. The minimum absolute atomic E-state index is 0.0750. The second kappa shape index (κ2) is 6.58. The molecule has 5 nitrogen and oxygen atoms in total. The van der Waals surface area contributed by atoms with E-state index in [-0.39, 0.29) is 17.7 Å². The van der Waals surface area contributed by atoms with Crippen LogP contribution in [0, 0.1) is 5.92 Å². The van der Waals surface area contributed by atoms with Gasteiger partial charge in [0.15, 0.2) is 0 Å². The lowest BCUT2D eigenvalue weighted by atomic mass is 9.96. The largest absolute Gasteiger partial charge is 0.369 e. The molecule has 2 aromatic heterocycles. The van der Waals surface area contributed by atoms with Crippen LogP contribution >= 0.6 is 22.7 Å². The molecule has 1 saturated heterocycles. The van der Waals surface area contributed by atoms with E-state index in [4.69, 9.17) is 5.73 Å². The van der Waals surface area contributed by atoms with Crippen LogP contribution in [-0.4, -0.2) is 34.8 Å². The van der Waals surface area contributed by atoms with Gasteiger partial charge in [-0.2, -0.15) is 0 Å². The van der Waals surface area contributed by atoms with E-state index in [0.29, 0.717) is 32.4 Å². The molecule has 0 saturated carbocycles. The molecular weight excluding hydrogens is 318 g/mol. The molecule has 7 heteroatoms. The second-order valence-corrected chi connectivity index (χ2v) is 7.16. The van der Waals surface area contributed by atoms with E-state index in [1.807, 2.05) is 27.8 Å². The Labute approximate surface area is 136 Å². The molecule has 1 aliphatic rings. The first-order chi connectivity index (χ1) is 10.6. The first-order valence-corrected chi connectivity index (χ1v) is 8.95. The van der Waals surface area contributed by atoms with Crippen molar-refractivity contribution in [2.24, 2.45) is 11.7 Å². The van der Waals surface area contributed by atoms with Gasteiger partial charge in [-0.05, 0) is 24.3 Å². The number of carbonyl (C=O) groups is 2. The van der Waals surface area contributed by atoms with Crippen molar-refractivity contribution in [3.63, 3.8) is 0 Å². The molecular formula is C15H17N3O2S2. The van der Waals surface area contributed by atoms with Crippen molar-refractivity contribution in [1.82, 2.24) is 9.88 Å².